The summed E-state index contributed by atoms with van der Waals surface area (Å²) < 4.78 is 11.7. The second-order valence-corrected chi connectivity index (χ2v) is 15.8. The van der Waals surface area contributed by atoms with Crippen molar-refractivity contribution in [1.82, 2.24) is 15.2 Å². The third-order valence-electron chi connectivity index (χ3n) is 11.5. The number of amidine groups is 1. The fourth-order valence-electron chi connectivity index (χ4n) is 8.90. The van der Waals surface area contributed by atoms with Crippen LogP contribution in [0.2, 0.25) is 0 Å². The topological polar surface area (TPSA) is 54.5 Å². The van der Waals surface area contributed by atoms with Crippen molar-refractivity contribution in [2.45, 2.75) is 12.3 Å². The molecular formula is C51H34N4OS. The number of nitrogens with one attached hydrogen (secondary N) is 2. The lowest BCUT2D eigenvalue weighted by atomic mass is 9.99. The highest BCUT2D eigenvalue weighted by atomic mass is 32.1. The fraction of sp³-hybridized carbons (Fsp3) is 0.0392. The zero-order valence-electron chi connectivity index (χ0n) is 30.7. The van der Waals surface area contributed by atoms with Crippen molar-refractivity contribution in [1.29, 1.82) is 0 Å². The van der Waals surface area contributed by atoms with Crippen LogP contribution in [0.3, 0.4) is 0 Å². The van der Waals surface area contributed by atoms with Crippen LogP contribution < -0.4 is 10.6 Å². The van der Waals surface area contributed by atoms with Crippen LogP contribution in [0.1, 0.15) is 29.0 Å². The highest BCUT2D eigenvalue weighted by Gasteiger charge is 2.27. The molecule has 12 rings (SSSR count). The summed E-state index contributed by atoms with van der Waals surface area (Å²) in [5.74, 6) is 0.801. The van der Waals surface area contributed by atoms with Gasteiger partial charge in [-0.15, -0.1) is 11.3 Å². The third kappa shape index (κ3) is 5.08. The first-order valence-corrected chi connectivity index (χ1v) is 20.2. The van der Waals surface area contributed by atoms with E-state index in [1.165, 1.54) is 53.2 Å². The lowest BCUT2D eigenvalue weighted by Crippen LogP contribution is -2.45. The Morgan fingerprint density at radius 3 is 1.96 bits per heavy atom. The van der Waals surface area contributed by atoms with E-state index in [0.717, 1.165) is 50.0 Å². The number of rotatable bonds is 5. The Kier molecular flexibility index (Phi) is 7.24. The van der Waals surface area contributed by atoms with Crippen molar-refractivity contribution in [3.63, 3.8) is 0 Å². The van der Waals surface area contributed by atoms with Crippen LogP contribution in [-0.4, -0.2) is 10.4 Å². The van der Waals surface area contributed by atoms with Crippen LogP contribution in [0, 0.1) is 0 Å². The maximum atomic E-state index is 6.73. The largest absolute Gasteiger partial charge is 0.455 e. The predicted octanol–water partition coefficient (Wildman–Crippen LogP) is 13.1. The van der Waals surface area contributed by atoms with Gasteiger partial charge in [-0.2, -0.15) is 0 Å². The SMILES string of the molecule is c1ccc(C2N=C(c3cccc4c3oc3ccc(-c5cccc6c5sc5cccc(-n7c8ccccc8c8ccccc87)c56)cc34)NC(c3ccccc3)N2)cc1. The van der Waals surface area contributed by atoms with Crippen LogP contribution in [0.5, 0.6) is 0 Å². The summed E-state index contributed by atoms with van der Waals surface area (Å²) >= 11 is 1.87. The van der Waals surface area contributed by atoms with Gasteiger partial charge in [0.1, 0.15) is 29.3 Å². The molecule has 0 saturated heterocycles. The Labute approximate surface area is 332 Å². The number of hydrogen-bond donors (Lipinski definition) is 2. The molecule has 1 aliphatic rings. The van der Waals surface area contributed by atoms with Gasteiger partial charge in [-0.3, -0.25) is 5.32 Å². The van der Waals surface area contributed by atoms with Crippen LogP contribution in [-0.2, 0) is 0 Å². The molecule has 11 aromatic rings. The number of aliphatic imine (C=N–C) groups is 1. The lowest BCUT2D eigenvalue weighted by molar-refractivity contribution is 0.409. The second-order valence-electron chi connectivity index (χ2n) is 14.7. The zero-order chi connectivity index (χ0) is 37.5. The van der Waals surface area contributed by atoms with Gasteiger partial charge >= 0.3 is 0 Å². The summed E-state index contributed by atoms with van der Waals surface area (Å²) in [6.07, 6.45) is -0.358. The Morgan fingerprint density at radius 1 is 0.544 bits per heavy atom. The number of hydrogen-bond acceptors (Lipinski definition) is 5. The Balaban J connectivity index is 0.999. The summed E-state index contributed by atoms with van der Waals surface area (Å²) in [6.45, 7) is 0. The third-order valence-corrected chi connectivity index (χ3v) is 12.7. The molecule has 2 N–H and O–H groups in total. The Bertz CT molecular complexity index is 3320. The van der Waals surface area contributed by atoms with Crippen LogP contribution in [0.4, 0.5) is 0 Å². The van der Waals surface area contributed by atoms with Gasteiger partial charge in [0.2, 0.25) is 0 Å². The fourth-order valence-corrected chi connectivity index (χ4v) is 10.2. The molecule has 8 aromatic carbocycles. The molecule has 2 atom stereocenters. The highest BCUT2D eigenvalue weighted by Crippen LogP contribution is 2.45. The zero-order valence-corrected chi connectivity index (χ0v) is 31.5. The molecule has 0 spiro atoms. The molecule has 0 amide bonds. The van der Waals surface area contributed by atoms with E-state index in [4.69, 9.17) is 9.41 Å². The monoisotopic (exact) mass is 750 g/mol. The van der Waals surface area contributed by atoms with Gasteiger partial charge in [-0.05, 0) is 64.7 Å². The van der Waals surface area contributed by atoms with Gasteiger partial charge in [-0.1, -0.05) is 140 Å². The van der Waals surface area contributed by atoms with E-state index < -0.39 is 0 Å². The average Bonchev–Trinajstić information content (AvgIpc) is 3.96. The summed E-state index contributed by atoms with van der Waals surface area (Å²) in [4.78, 5) is 5.23. The quantitative estimate of drug-likeness (QED) is 0.184. The lowest BCUT2D eigenvalue weighted by Gasteiger charge is -2.32. The number of para-hydroxylation sites is 3. The number of benzene rings is 8. The molecule has 57 heavy (non-hydrogen) atoms. The van der Waals surface area contributed by atoms with Crippen molar-refractivity contribution >= 4 is 81.1 Å². The van der Waals surface area contributed by atoms with Gasteiger partial charge in [0.25, 0.3) is 0 Å². The number of aromatic nitrogens is 1. The maximum Gasteiger partial charge on any atom is 0.146 e. The number of nitrogens with zero attached hydrogens (tertiary/aromatic N) is 2. The molecule has 0 bridgehead atoms. The Hall–Kier alpha value is -6.99. The first-order chi connectivity index (χ1) is 28.3. The second kappa shape index (κ2) is 12.8. The molecule has 0 radical (unpaired) electrons. The maximum absolute atomic E-state index is 6.73. The molecule has 0 aliphatic carbocycles. The van der Waals surface area contributed by atoms with Crippen molar-refractivity contribution in [3.8, 4) is 16.8 Å². The molecule has 270 valence electrons. The molecule has 2 unspecified atom stereocenters. The summed E-state index contributed by atoms with van der Waals surface area (Å²) in [5, 5.41) is 14.6. The summed E-state index contributed by atoms with van der Waals surface area (Å²) in [6, 6.07) is 64.9. The van der Waals surface area contributed by atoms with Gasteiger partial charge in [0, 0.05) is 41.7 Å². The smallest absolute Gasteiger partial charge is 0.146 e. The molecular weight excluding hydrogens is 717 g/mol. The average molecular weight is 751 g/mol. The van der Waals surface area contributed by atoms with E-state index in [9.17, 15) is 0 Å². The number of thiophene rings is 1. The minimum Gasteiger partial charge on any atom is -0.455 e. The van der Waals surface area contributed by atoms with Gasteiger partial charge in [-0.25, -0.2) is 4.99 Å². The number of furan rings is 1. The van der Waals surface area contributed by atoms with Crippen molar-refractivity contribution in [3.05, 3.63) is 199 Å². The minimum atomic E-state index is -0.226. The molecule has 0 saturated carbocycles. The van der Waals surface area contributed by atoms with E-state index >= 15 is 0 Å². The van der Waals surface area contributed by atoms with E-state index in [-0.39, 0.29) is 12.3 Å². The predicted molar refractivity (Wildman–Crippen MR) is 238 cm³/mol. The summed E-state index contributed by atoms with van der Waals surface area (Å²) in [5.41, 5.74) is 10.9. The van der Waals surface area contributed by atoms with Crippen molar-refractivity contribution in [2.75, 3.05) is 0 Å². The molecule has 4 heterocycles. The van der Waals surface area contributed by atoms with Crippen LogP contribution >= 0.6 is 11.3 Å². The molecule has 0 fully saturated rings. The first kappa shape index (κ1) is 32.3. The standard InChI is InChI=1S/C51H34N4OS/c1-3-14-31(15-4-1)49-52-50(32-16-5-2-6-17-32)54-51(53-49)39-23-12-21-37-40-30-33(28-29-44(40)56-47(37)39)34-20-11-22-38-46-43(26-13-27-45(46)57-48(34)38)55-41-24-9-7-18-35(41)36-19-8-10-25-42(36)55/h1-30,49-50,52H,(H,53,54). The normalized spacial score (nSPS) is 15.9. The van der Waals surface area contributed by atoms with E-state index in [1.54, 1.807) is 0 Å². The van der Waals surface area contributed by atoms with Gasteiger partial charge in [0.05, 0.1) is 22.3 Å². The van der Waals surface area contributed by atoms with Crippen molar-refractivity contribution in [2.24, 2.45) is 4.99 Å². The van der Waals surface area contributed by atoms with Crippen LogP contribution in [0.15, 0.2) is 191 Å². The van der Waals surface area contributed by atoms with Gasteiger partial charge < -0.3 is 14.3 Å². The number of fused-ring (bicyclic) bond motifs is 9. The summed E-state index contributed by atoms with van der Waals surface area (Å²) in [7, 11) is 0. The minimum absolute atomic E-state index is 0.132. The molecule has 3 aromatic heterocycles. The van der Waals surface area contributed by atoms with Crippen LogP contribution in [0.25, 0.3) is 80.7 Å². The van der Waals surface area contributed by atoms with E-state index in [2.05, 4.69) is 185 Å². The van der Waals surface area contributed by atoms with E-state index in [0.29, 0.717) is 0 Å². The Morgan fingerprint density at radius 2 is 1.19 bits per heavy atom. The molecule has 5 nitrogen and oxygen atoms in total. The highest BCUT2D eigenvalue weighted by molar-refractivity contribution is 7.26. The van der Waals surface area contributed by atoms with E-state index in [1.807, 2.05) is 23.5 Å². The van der Waals surface area contributed by atoms with Crippen molar-refractivity contribution < 1.29 is 4.42 Å². The first-order valence-electron chi connectivity index (χ1n) is 19.4. The van der Waals surface area contributed by atoms with Gasteiger partial charge in [0.15, 0.2) is 0 Å². The molecule has 1 aliphatic heterocycles. The molecule has 6 heteroatoms.